The molecule has 0 atom stereocenters. The highest BCUT2D eigenvalue weighted by Crippen LogP contribution is 2.30. The number of rotatable bonds is 7. The van der Waals surface area contributed by atoms with E-state index in [1.54, 1.807) is 7.05 Å². The second-order valence-electron chi connectivity index (χ2n) is 3.70. The molecule has 0 saturated carbocycles. The fraction of sp³-hybridized carbons (Fsp3) is 0.400. The van der Waals surface area contributed by atoms with Gasteiger partial charge in [0, 0.05) is 12.6 Å². The molecular weight excluding hydrogens is 294 g/mol. The molecule has 1 aromatic carbocycles. The summed E-state index contributed by atoms with van der Waals surface area (Å²) >= 11 is 5.76. The summed E-state index contributed by atoms with van der Waals surface area (Å²) in [4.78, 5) is 9.58. The van der Waals surface area contributed by atoms with Gasteiger partial charge in [-0.15, -0.1) is 0 Å². The van der Waals surface area contributed by atoms with Crippen molar-refractivity contribution in [2.24, 2.45) is 0 Å². The molecule has 0 radical (unpaired) electrons. The van der Waals surface area contributed by atoms with Crippen LogP contribution in [0.2, 0.25) is 5.02 Å². The summed E-state index contributed by atoms with van der Waals surface area (Å²) in [5.74, 6) is 0. The van der Waals surface area contributed by atoms with Crippen LogP contribution in [-0.2, 0) is 10.0 Å². The molecule has 0 bridgehead atoms. The Morgan fingerprint density at radius 1 is 1.37 bits per heavy atom. The van der Waals surface area contributed by atoms with Gasteiger partial charge in [-0.2, -0.15) is 0 Å². The van der Waals surface area contributed by atoms with Gasteiger partial charge in [0.2, 0.25) is 10.0 Å². The molecule has 2 N–H and O–H groups in total. The van der Waals surface area contributed by atoms with Gasteiger partial charge in [0.25, 0.3) is 5.69 Å². The average molecular weight is 308 g/mol. The van der Waals surface area contributed by atoms with Gasteiger partial charge in [0.05, 0.1) is 9.95 Å². The van der Waals surface area contributed by atoms with E-state index in [0.29, 0.717) is 13.0 Å². The molecule has 0 fully saturated rings. The van der Waals surface area contributed by atoms with E-state index in [1.807, 2.05) is 0 Å². The molecule has 106 valence electrons. The van der Waals surface area contributed by atoms with E-state index >= 15 is 0 Å². The van der Waals surface area contributed by atoms with Crippen molar-refractivity contribution in [3.05, 3.63) is 33.3 Å². The molecule has 0 aliphatic carbocycles. The normalized spacial score (nSPS) is 11.5. The number of sulfonamides is 1. The summed E-state index contributed by atoms with van der Waals surface area (Å²) < 4.78 is 26.3. The van der Waals surface area contributed by atoms with Gasteiger partial charge < -0.3 is 5.32 Å². The van der Waals surface area contributed by atoms with Crippen molar-refractivity contribution in [1.82, 2.24) is 10.0 Å². The third-order valence-electron chi connectivity index (χ3n) is 2.31. The Bertz CT molecular complexity index is 562. The fourth-order valence-electron chi connectivity index (χ4n) is 1.45. The molecule has 0 unspecified atom stereocenters. The first kappa shape index (κ1) is 15.8. The zero-order chi connectivity index (χ0) is 14.5. The lowest BCUT2D eigenvalue weighted by atomic mass is 10.3. The second-order valence-corrected chi connectivity index (χ2v) is 5.81. The van der Waals surface area contributed by atoms with Crippen molar-refractivity contribution < 1.29 is 13.3 Å². The number of nitrogens with zero attached hydrogens (tertiary/aromatic N) is 1. The highest BCUT2D eigenvalue weighted by atomic mass is 35.5. The van der Waals surface area contributed by atoms with Crippen molar-refractivity contribution in [2.45, 2.75) is 11.3 Å². The van der Waals surface area contributed by atoms with Crippen LogP contribution in [-0.4, -0.2) is 33.5 Å². The summed E-state index contributed by atoms with van der Waals surface area (Å²) in [6.45, 7) is 0.804. The number of hydrogen-bond acceptors (Lipinski definition) is 5. The first-order valence-electron chi connectivity index (χ1n) is 5.47. The van der Waals surface area contributed by atoms with Crippen molar-refractivity contribution in [2.75, 3.05) is 20.1 Å². The maximum absolute atomic E-state index is 12.0. The molecule has 1 aromatic rings. The van der Waals surface area contributed by atoms with Crippen molar-refractivity contribution in [3.8, 4) is 0 Å². The molecule has 0 aliphatic heterocycles. The number of nitrogens with one attached hydrogen (secondary N) is 2. The third kappa shape index (κ3) is 4.13. The molecule has 0 spiro atoms. The van der Waals surface area contributed by atoms with Crippen molar-refractivity contribution in [1.29, 1.82) is 0 Å². The summed E-state index contributed by atoms with van der Waals surface area (Å²) in [7, 11) is -2.26. The Hall–Kier alpha value is -1.22. The molecular formula is C10H14ClN3O4S. The number of benzene rings is 1. The van der Waals surface area contributed by atoms with Crippen LogP contribution >= 0.6 is 11.6 Å². The quantitative estimate of drug-likeness (QED) is 0.447. The Morgan fingerprint density at radius 3 is 2.63 bits per heavy atom. The predicted octanol–water partition coefficient (Wildman–Crippen LogP) is 1.14. The molecule has 1 rings (SSSR count). The molecule has 0 saturated heterocycles. The second kappa shape index (κ2) is 6.80. The molecule has 0 amide bonds. The Balaban J connectivity index is 3.04. The summed E-state index contributed by atoms with van der Waals surface area (Å²) in [6, 6.07) is 3.74. The Morgan fingerprint density at radius 2 is 2.05 bits per heavy atom. The largest absolute Gasteiger partial charge is 0.320 e. The van der Waals surface area contributed by atoms with Gasteiger partial charge in [-0.05, 0) is 26.1 Å². The maximum Gasteiger partial charge on any atom is 0.290 e. The van der Waals surface area contributed by atoms with E-state index in [-0.39, 0.29) is 11.6 Å². The minimum atomic E-state index is -4.00. The first-order valence-corrected chi connectivity index (χ1v) is 7.33. The van der Waals surface area contributed by atoms with Crippen LogP contribution in [0.25, 0.3) is 0 Å². The molecule has 0 aliphatic rings. The van der Waals surface area contributed by atoms with E-state index < -0.39 is 25.5 Å². The van der Waals surface area contributed by atoms with Gasteiger partial charge in [-0.1, -0.05) is 17.7 Å². The van der Waals surface area contributed by atoms with Gasteiger partial charge >= 0.3 is 0 Å². The molecule has 0 heterocycles. The van der Waals surface area contributed by atoms with E-state index in [9.17, 15) is 18.5 Å². The lowest BCUT2D eigenvalue weighted by molar-refractivity contribution is -0.387. The fourth-order valence-corrected chi connectivity index (χ4v) is 3.23. The van der Waals surface area contributed by atoms with Gasteiger partial charge in [0.15, 0.2) is 4.90 Å². The zero-order valence-corrected chi connectivity index (χ0v) is 11.8. The molecule has 7 nitrogen and oxygen atoms in total. The Labute approximate surface area is 116 Å². The van der Waals surface area contributed by atoms with Crippen LogP contribution in [0.3, 0.4) is 0 Å². The molecule has 9 heteroatoms. The lowest BCUT2D eigenvalue weighted by Crippen LogP contribution is -2.27. The summed E-state index contributed by atoms with van der Waals surface area (Å²) in [5.41, 5.74) is -0.534. The number of hydrogen-bond donors (Lipinski definition) is 2. The van der Waals surface area contributed by atoms with Crippen molar-refractivity contribution >= 4 is 27.3 Å². The third-order valence-corrected chi connectivity index (χ3v) is 4.28. The number of halogens is 1. The topological polar surface area (TPSA) is 101 Å². The van der Waals surface area contributed by atoms with Crippen LogP contribution in [0.1, 0.15) is 6.42 Å². The standard InChI is InChI=1S/C10H14ClN3O4S/c1-12-6-3-7-13-19(17,18)10-8(11)4-2-5-9(10)14(15)16/h2,4-5,12-13H,3,6-7H2,1H3. The van der Waals surface area contributed by atoms with Crippen molar-refractivity contribution in [3.63, 3.8) is 0 Å². The van der Waals surface area contributed by atoms with Crippen LogP contribution in [0.15, 0.2) is 23.1 Å². The van der Waals surface area contributed by atoms with Crippen LogP contribution < -0.4 is 10.0 Å². The van der Waals surface area contributed by atoms with E-state index in [2.05, 4.69) is 10.0 Å². The Kier molecular flexibility index (Phi) is 5.67. The maximum atomic E-state index is 12.0. The van der Waals surface area contributed by atoms with E-state index in [1.165, 1.54) is 12.1 Å². The van der Waals surface area contributed by atoms with Crippen LogP contribution in [0.5, 0.6) is 0 Å². The smallest absolute Gasteiger partial charge is 0.290 e. The highest BCUT2D eigenvalue weighted by Gasteiger charge is 2.28. The highest BCUT2D eigenvalue weighted by molar-refractivity contribution is 7.89. The number of nitro groups is 1. The first-order chi connectivity index (χ1) is 8.90. The van der Waals surface area contributed by atoms with Gasteiger partial charge in [0.1, 0.15) is 0 Å². The van der Waals surface area contributed by atoms with Gasteiger partial charge in [-0.3, -0.25) is 10.1 Å². The lowest BCUT2D eigenvalue weighted by Gasteiger charge is -2.08. The van der Waals surface area contributed by atoms with Crippen LogP contribution in [0.4, 0.5) is 5.69 Å². The minimum Gasteiger partial charge on any atom is -0.320 e. The monoisotopic (exact) mass is 307 g/mol. The van der Waals surface area contributed by atoms with Crippen LogP contribution in [0, 0.1) is 10.1 Å². The summed E-state index contributed by atoms with van der Waals surface area (Å²) in [6.07, 6.45) is 0.563. The molecule has 0 aromatic heterocycles. The number of nitro benzene ring substituents is 1. The summed E-state index contributed by atoms with van der Waals surface area (Å²) in [5, 5.41) is 13.5. The zero-order valence-electron chi connectivity index (χ0n) is 10.2. The van der Waals surface area contributed by atoms with E-state index in [0.717, 1.165) is 6.07 Å². The SMILES string of the molecule is CNCCCNS(=O)(=O)c1c(Cl)cccc1[N+](=O)[O-]. The average Bonchev–Trinajstić information content (AvgIpc) is 2.34. The van der Waals surface area contributed by atoms with E-state index in [4.69, 9.17) is 11.6 Å². The predicted molar refractivity (Wildman–Crippen MR) is 71.8 cm³/mol. The minimum absolute atomic E-state index is 0.171. The van der Waals surface area contributed by atoms with Gasteiger partial charge in [-0.25, -0.2) is 13.1 Å². The molecule has 19 heavy (non-hydrogen) atoms.